The molecule has 0 radical (unpaired) electrons. The highest BCUT2D eigenvalue weighted by atomic mass is 32.2. The average molecular weight is 171 g/mol. The molecule has 0 aromatic carbocycles. The first kappa shape index (κ1) is 8.81. The third kappa shape index (κ3) is 3.08. The zero-order chi connectivity index (χ0) is 8.10. The van der Waals surface area contributed by atoms with Crippen molar-refractivity contribution in [1.29, 1.82) is 0 Å². The van der Waals surface area contributed by atoms with Gasteiger partial charge in [-0.2, -0.15) is 0 Å². The molecule has 0 aliphatic carbocycles. The monoisotopic (exact) mass is 171 g/mol. The van der Waals surface area contributed by atoms with Gasteiger partial charge in [-0.3, -0.25) is 4.99 Å². The second-order valence-electron chi connectivity index (χ2n) is 2.56. The fourth-order valence-corrected chi connectivity index (χ4v) is 1.52. The second-order valence-corrected chi connectivity index (χ2v) is 3.51. The molecule has 0 atom stereocenters. The van der Waals surface area contributed by atoms with Gasteiger partial charge in [0.15, 0.2) is 0 Å². The number of hydrogen-bond acceptors (Lipinski definition) is 3. The van der Waals surface area contributed by atoms with Gasteiger partial charge < -0.3 is 5.11 Å². The maximum Gasteiger partial charge on any atom is 0.0889 e. The topological polar surface area (TPSA) is 32.6 Å². The van der Waals surface area contributed by atoms with E-state index in [1.165, 1.54) is 17.5 Å². The van der Waals surface area contributed by atoms with Crippen LogP contribution >= 0.6 is 11.8 Å². The average Bonchev–Trinajstić information content (AvgIpc) is 2.01. The lowest BCUT2D eigenvalue weighted by Gasteiger charge is -2.08. The first-order valence-electron chi connectivity index (χ1n) is 3.74. The van der Waals surface area contributed by atoms with Gasteiger partial charge in [-0.15, -0.1) is 11.8 Å². The van der Waals surface area contributed by atoms with Gasteiger partial charge >= 0.3 is 0 Å². The number of thioether (sulfide) groups is 1. The summed E-state index contributed by atoms with van der Waals surface area (Å²) in [4.78, 5) is 4.37. The van der Waals surface area contributed by atoms with E-state index in [1.807, 2.05) is 0 Å². The van der Waals surface area contributed by atoms with E-state index in [0.717, 1.165) is 24.3 Å². The number of aliphatic hydroxyl groups is 1. The van der Waals surface area contributed by atoms with Gasteiger partial charge in [-0.1, -0.05) is 6.08 Å². The first-order valence-corrected chi connectivity index (χ1v) is 4.90. The smallest absolute Gasteiger partial charge is 0.0889 e. The minimum atomic E-state index is 0.186. The molecule has 1 N–H and O–H groups in total. The summed E-state index contributed by atoms with van der Waals surface area (Å²) in [5.41, 5.74) is 2.33. The van der Waals surface area contributed by atoms with Crippen LogP contribution in [0.15, 0.2) is 16.8 Å². The van der Waals surface area contributed by atoms with Crippen molar-refractivity contribution in [2.45, 2.75) is 19.8 Å². The van der Waals surface area contributed by atoms with E-state index in [9.17, 15) is 0 Å². The SMILES string of the molecule is CC1=NC(CSCO)=CCC1. The van der Waals surface area contributed by atoms with E-state index in [2.05, 4.69) is 18.0 Å². The van der Waals surface area contributed by atoms with Crippen LogP contribution in [-0.4, -0.2) is 22.5 Å². The number of aliphatic hydroxyl groups excluding tert-OH is 1. The van der Waals surface area contributed by atoms with Crippen LogP contribution in [0.1, 0.15) is 19.8 Å². The molecule has 11 heavy (non-hydrogen) atoms. The van der Waals surface area contributed by atoms with Crippen molar-refractivity contribution in [3.63, 3.8) is 0 Å². The molecule has 0 amide bonds. The maximum atomic E-state index is 8.55. The van der Waals surface area contributed by atoms with Gasteiger partial charge in [-0.05, 0) is 19.8 Å². The van der Waals surface area contributed by atoms with Crippen LogP contribution in [0, 0.1) is 0 Å². The Morgan fingerprint density at radius 2 is 2.55 bits per heavy atom. The fraction of sp³-hybridized carbons (Fsp3) is 0.625. The molecule has 0 saturated carbocycles. The van der Waals surface area contributed by atoms with Crippen molar-refractivity contribution < 1.29 is 5.11 Å². The number of aliphatic imine (C=N–C) groups is 1. The largest absolute Gasteiger partial charge is 0.386 e. The van der Waals surface area contributed by atoms with E-state index in [4.69, 9.17) is 5.11 Å². The third-order valence-electron chi connectivity index (χ3n) is 1.56. The maximum absolute atomic E-state index is 8.55. The molecule has 0 saturated heterocycles. The lowest BCUT2D eigenvalue weighted by Crippen LogP contribution is -1.99. The van der Waals surface area contributed by atoms with Crippen molar-refractivity contribution in [3.05, 3.63) is 11.8 Å². The Bertz CT molecular complexity index is 187. The number of nitrogens with zero attached hydrogens (tertiary/aromatic N) is 1. The van der Waals surface area contributed by atoms with Crippen molar-refractivity contribution in [3.8, 4) is 0 Å². The lowest BCUT2D eigenvalue weighted by molar-refractivity contribution is 0.375. The molecule has 2 nitrogen and oxygen atoms in total. The Hall–Kier alpha value is -0.280. The summed E-state index contributed by atoms with van der Waals surface area (Å²) in [6, 6.07) is 0. The summed E-state index contributed by atoms with van der Waals surface area (Å²) < 4.78 is 0. The van der Waals surface area contributed by atoms with Crippen LogP contribution in [0.3, 0.4) is 0 Å². The van der Waals surface area contributed by atoms with E-state index in [1.54, 1.807) is 0 Å². The minimum absolute atomic E-state index is 0.186. The van der Waals surface area contributed by atoms with Gasteiger partial charge in [0, 0.05) is 17.2 Å². The molecular formula is C8H13NOS. The summed E-state index contributed by atoms with van der Waals surface area (Å²) in [5, 5.41) is 8.55. The van der Waals surface area contributed by atoms with Gasteiger partial charge in [0.25, 0.3) is 0 Å². The Morgan fingerprint density at radius 1 is 1.73 bits per heavy atom. The summed E-state index contributed by atoms with van der Waals surface area (Å²) in [6.45, 7) is 2.05. The Morgan fingerprint density at radius 3 is 3.18 bits per heavy atom. The molecule has 0 spiro atoms. The Balaban J connectivity index is 2.39. The highest BCUT2D eigenvalue weighted by Crippen LogP contribution is 2.14. The highest BCUT2D eigenvalue weighted by molar-refractivity contribution is 7.99. The number of allylic oxidation sites excluding steroid dienone is 1. The normalized spacial score (nSPS) is 17.6. The predicted molar refractivity (Wildman–Crippen MR) is 50.0 cm³/mol. The fourth-order valence-electron chi connectivity index (χ4n) is 1.04. The Labute approximate surface area is 71.4 Å². The van der Waals surface area contributed by atoms with E-state index in [-0.39, 0.29) is 5.94 Å². The molecule has 0 aromatic rings. The molecule has 62 valence electrons. The van der Waals surface area contributed by atoms with Crippen LogP contribution in [0.4, 0.5) is 0 Å². The van der Waals surface area contributed by atoms with Gasteiger partial charge in [0.2, 0.25) is 0 Å². The lowest BCUT2D eigenvalue weighted by atomic mass is 10.1. The van der Waals surface area contributed by atoms with Crippen molar-refractivity contribution >= 4 is 17.5 Å². The molecule has 1 aliphatic rings. The molecule has 3 heteroatoms. The van der Waals surface area contributed by atoms with Crippen LogP contribution in [0.25, 0.3) is 0 Å². The standard InChI is InChI=1S/C8H13NOS/c1-7-3-2-4-8(9-7)5-11-6-10/h4,10H,2-3,5-6H2,1H3. The quantitative estimate of drug-likeness (QED) is 0.657. The van der Waals surface area contributed by atoms with Crippen molar-refractivity contribution in [2.75, 3.05) is 11.7 Å². The molecule has 1 aliphatic heterocycles. The number of hydrogen-bond donors (Lipinski definition) is 1. The molecular weight excluding hydrogens is 158 g/mol. The predicted octanol–water partition coefficient (Wildman–Crippen LogP) is 1.81. The minimum Gasteiger partial charge on any atom is -0.386 e. The van der Waals surface area contributed by atoms with E-state index < -0.39 is 0 Å². The van der Waals surface area contributed by atoms with E-state index >= 15 is 0 Å². The first-order chi connectivity index (χ1) is 5.33. The molecule has 1 heterocycles. The summed E-state index contributed by atoms with van der Waals surface area (Å²) in [5.74, 6) is 1.03. The second kappa shape index (κ2) is 4.57. The zero-order valence-corrected chi connectivity index (χ0v) is 7.52. The van der Waals surface area contributed by atoms with Crippen LogP contribution in [0.5, 0.6) is 0 Å². The van der Waals surface area contributed by atoms with Crippen LogP contribution in [0.2, 0.25) is 0 Å². The summed E-state index contributed by atoms with van der Waals surface area (Å²) in [6.07, 6.45) is 4.35. The molecule has 1 rings (SSSR count). The summed E-state index contributed by atoms with van der Waals surface area (Å²) in [7, 11) is 0. The van der Waals surface area contributed by atoms with E-state index in [0.29, 0.717) is 0 Å². The number of rotatable bonds is 3. The molecule has 0 aromatic heterocycles. The Kier molecular flexibility index (Phi) is 3.66. The molecule has 0 fully saturated rings. The van der Waals surface area contributed by atoms with Gasteiger partial charge in [-0.25, -0.2) is 0 Å². The molecule has 0 bridgehead atoms. The van der Waals surface area contributed by atoms with Gasteiger partial charge in [0.05, 0.1) is 5.94 Å². The summed E-state index contributed by atoms with van der Waals surface area (Å²) >= 11 is 1.50. The molecule has 0 unspecified atom stereocenters. The van der Waals surface area contributed by atoms with Crippen molar-refractivity contribution in [1.82, 2.24) is 0 Å². The van der Waals surface area contributed by atoms with Crippen LogP contribution < -0.4 is 0 Å². The van der Waals surface area contributed by atoms with Gasteiger partial charge in [0.1, 0.15) is 0 Å². The third-order valence-corrected chi connectivity index (χ3v) is 2.24. The zero-order valence-electron chi connectivity index (χ0n) is 6.71. The van der Waals surface area contributed by atoms with Crippen molar-refractivity contribution in [2.24, 2.45) is 4.99 Å². The van der Waals surface area contributed by atoms with Crippen LogP contribution in [-0.2, 0) is 0 Å². The highest BCUT2D eigenvalue weighted by Gasteiger charge is 2.02.